The van der Waals surface area contributed by atoms with Crippen molar-refractivity contribution in [1.82, 2.24) is 30.5 Å². The van der Waals surface area contributed by atoms with Crippen LogP contribution in [0.1, 0.15) is 10.5 Å². The minimum atomic E-state index is -1.24. The zero-order valence-corrected chi connectivity index (χ0v) is 22.1. The Morgan fingerprint density at radius 1 is 1.00 bits per heavy atom. The Morgan fingerprint density at radius 3 is 2.40 bits per heavy atom. The number of amides is 4. The lowest BCUT2D eigenvalue weighted by Gasteiger charge is -2.36. The molecular formula is C26H26F2N8O6. The number of benzene rings is 2. The smallest absolute Gasteiger partial charge is 0.414 e. The normalized spacial score (nSPS) is 16.8. The number of piperazine rings is 1. The number of anilines is 2. The Balaban J connectivity index is 1.10. The maximum atomic E-state index is 15.1. The first-order valence-corrected chi connectivity index (χ1v) is 12.9. The monoisotopic (exact) mass is 584 g/mol. The molecule has 2 aliphatic rings. The molecule has 0 saturated carbocycles. The largest absolute Gasteiger partial charge is 0.465 e. The molecule has 0 spiro atoms. The molecule has 42 heavy (non-hydrogen) atoms. The van der Waals surface area contributed by atoms with Gasteiger partial charge in [-0.25, -0.2) is 23.1 Å². The van der Waals surface area contributed by atoms with Crippen molar-refractivity contribution in [2.75, 3.05) is 55.6 Å². The van der Waals surface area contributed by atoms with E-state index in [2.05, 4.69) is 20.9 Å². The third-order valence-electron chi connectivity index (χ3n) is 6.79. The van der Waals surface area contributed by atoms with E-state index in [1.807, 2.05) is 0 Å². The number of rotatable bonds is 8. The van der Waals surface area contributed by atoms with Crippen LogP contribution in [-0.4, -0.2) is 101 Å². The lowest BCUT2D eigenvalue weighted by molar-refractivity contribution is -0.130. The molecule has 0 radical (unpaired) electrons. The molecule has 3 heterocycles. The molecule has 2 fully saturated rings. The summed E-state index contributed by atoms with van der Waals surface area (Å²) >= 11 is 0. The van der Waals surface area contributed by atoms with Gasteiger partial charge in [-0.3, -0.25) is 14.5 Å². The second-order valence-electron chi connectivity index (χ2n) is 9.51. The van der Waals surface area contributed by atoms with E-state index in [1.165, 1.54) is 52.2 Å². The summed E-state index contributed by atoms with van der Waals surface area (Å²) < 4.78 is 34.6. The molecule has 0 bridgehead atoms. The number of ether oxygens (including phenoxy) is 1. The van der Waals surface area contributed by atoms with E-state index in [1.54, 1.807) is 15.9 Å². The highest BCUT2D eigenvalue weighted by atomic mass is 19.1. The highest BCUT2D eigenvalue weighted by Gasteiger charge is 2.33. The Labute approximate surface area is 237 Å². The number of halogens is 2. The van der Waals surface area contributed by atoms with Crippen molar-refractivity contribution < 1.29 is 37.8 Å². The second-order valence-corrected chi connectivity index (χ2v) is 9.51. The topological polar surface area (TPSA) is 162 Å². The molecule has 0 aliphatic carbocycles. The molecule has 1 aromatic heterocycles. The summed E-state index contributed by atoms with van der Waals surface area (Å²) in [6, 6.07) is 9.80. The van der Waals surface area contributed by atoms with Crippen molar-refractivity contribution in [3.63, 3.8) is 0 Å². The van der Waals surface area contributed by atoms with Gasteiger partial charge in [0.15, 0.2) is 5.69 Å². The molecule has 3 N–H and O–H groups in total. The van der Waals surface area contributed by atoms with E-state index in [0.717, 1.165) is 0 Å². The van der Waals surface area contributed by atoms with Crippen LogP contribution in [0.25, 0.3) is 5.69 Å². The van der Waals surface area contributed by atoms with Crippen LogP contribution in [0.5, 0.6) is 0 Å². The Kier molecular flexibility index (Phi) is 8.12. The lowest BCUT2D eigenvalue weighted by atomic mass is 10.2. The molecule has 2 aromatic carbocycles. The summed E-state index contributed by atoms with van der Waals surface area (Å²) in [6.07, 6.45) is -1.26. The van der Waals surface area contributed by atoms with Gasteiger partial charge in [-0.05, 0) is 42.5 Å². The summed E-state index contributed by atoms with van der Waals surface area (Å²) in [5.41, 5.74) is 1.09. The molecule has 4 amide bonds. The zero-order valence-electron chi connectivity index (χ0n) is 22.1. The fourth-order valence-electron chi connectivity index (χ4n) is 4.60. The fourth-order valence-corrected chi connectivity index (χ4v) is 4.60. The minimum Gasteiger partial charge on any atom is -0.465 e. The van der Waals surface area contributed by atoms with Crippen LogP contribution in [-0.2, 0) is 9.53 Å². The van der Waals surface area contributed by atoms with E-state index < -0.39 is 35.8 Å². The first kappa shape index (κ1) is 28.3. The SMILES string of the molecule is O=C(O)NC[C@H]1CN(c2ccc(N3CCN(C(=O)CNC(=O)c4cn(-c5ccc(F)cc5)nn4)CC3)c(F)c2)C(=O)O1. The van der Waals surface area contributed by atoms with Gasteiger partial charge in [0.2, 0.25) is 5.91 Å². The third-order valence-corrected chi connectivity index (χ3v) is 6.79. The standard InChI is InChI=1S/C26H26F2N8O6/c27-16-1-3-17(4-2-16)36-15-21(31-32-36)24(38)29-13-23(37)34-9-7-33(8-10-34)22-6-5-18(11-20(22)28)35-14-19(42-26(35)41)12-30-25(39)40/h1-6,11,15,19,30H,7-10,12-14H2,(H,29,38)(H,39,40)/t19-/m0/s1. The van der Waals surface area contributed by atoms with Crippen molar-refractivity contribution in [1.29, 1.82) is 0 Å². The predicted molar refractivity (Wildman–Crippen MR) is 142 cm³/mol. The van der Waals surface area contributed by atoms with Gasteiger partial charge in [-0.15, -0.1) is 5.10 Å². The van der Waals surface area contributed by atoms with Crippen LogP contribution in [0.2, 0.25) is 0 Å². The molecule has 220 valence electrons. The first-order valence-electron chi connectivity index (χ1n) is 12.9. The summed E-state index contributed by atoms with van der Waals surface area (Å²) in [5.74, 6) is -1.88. The molecular weight excluding hydrogens is 558 g/mol. The van der Waals surface area contributed by atoms with Gasteiger partial charge in [0.1, 0.15) is 17.7 Å². The quantitative estimate of drug-likeness (QED) is 0.353. The number of nitrogens with zero attached hydrogens (tertiary/aromatic N) is 6. The molecule has 3 aromatic rings. The Hall–Kier alpha value is -5.28. The lowest BCUT2D eigenvalue weighted by Crippen LogP contribution is -2.51. The zero-order chi connectivity index (χ0) is 29.8. The third kappa shape index (κ3) is 6.37. The van der Waals surface area contributed by atoms with Gasteiger partial charge >= 0.3 is 12.2 Å². The number of hydrogen-bond donors (Lipinski definition) is 3. The van der Waals surface area contributed by atoms with Crippen LogP contribution in [0.15, 0.2) is 48.7 Å². The second kappa shape index (κ2) is 12.1. The van der Waals surface area contributed by atoms with Gasteiger partial charge in [0.25, 0.3) is 5.91 Å². The summed E-state index contributed by atoms with van der Waals surface area (Å²) in [7, 11) is 0. The van der Waals surface area contributed by atoms with Gasteiger partial charge in [-0.2, -0.15) is 0 Å². The van der Waals surface area contributed by atoms with Crippen LogP contribution >= 0.6 is 0 Å². The fraction of sp³-hybridized carbons (Fsp3) is 0.308. The van der Waals surface area contributed by atoms with Gasteiger partial charge < -0.3 is 30.3 Å². The Morgan fingerprint density at radius 2 is 1.71 bits per heavy atom. The van der Waals surface area contributed by atoms with E-state index in [4.69, 9.17) is 9.84 Å². The van der Waals surface area contributed by atoms with Gasteiger partial charge in [0, 0.05) is 26.2 Å². The Bertz CT molecular complexity index is 1490. The summed E-state index contributed by atoms with van der Waals surface area (Å²) in [6.45, 7) is 1.01. The number of aromatic nitrogens is 3. The van der Waals surface area contributed by atoms with Gasteiger partial charge in [-0.1, -0.05) is 5.21 Å². The number of carbonyl (C=O) groups excluding carboxylic acids is 3. The number of nitrogens with one attached hydrogen (secondary N) is 2. The van der Waals surface area contributed by atoms with Crippen molar-refractivity contribution in [3.05, 3.63) is 66.0 Å². The average Bonchev–Trinajstić information content (AvgIpc) is 3.62. The first-order chi connectivity index (χ1) is 20.2. The minimum absolute atomic E-state index is 0.00879. The van der Waals surface area contributed by atoms with Gasteiger partial charge in [0.05, 0.1) is 42.9 Å². The van der Waals surface area contributed by atoms with Crippen molar-refractivity contribution in [2.24, 2.45) is 0 Å². The highest BCUT2D eigenvalue weighted by molar-refractivity contribution is 5.94. The van der Waals surface area contributed by atoms with Crippen LogP contribution in [0.4, 0.5) is 29.7 Å². The van der Waals surface area contributed by atoms with E-state index in [-0.39, 0.29) is 36.9 Å². The van der Waals surface area contributed by atoms with E-state index >= 15 is 4.39 Å². The number of carboxylic acid groups (broad SMARTS) is 1. The molecule has 0 unspecified atom stereocenters. The molecule has 2 saturated heterocycles. The van der Waals surface area contributed by atoms with Crippen LogP contribution in [0, 0.1) is 11.6 Å². The number of cyclic esters (lactones) is 1. The molecule has 14 nitrogen and oxygen atoms in total. The maximum Gasteiger partial charge on any atom is 0.414 e. The molecule has 16 heteroatoms. The molecule has 2 aliphatic heterocycles. The molecule has 1 atom stereocenters. The van der Waals surface area contributed by atoms with Crippen molar-refractivity contribution in [2.45, 2.75) is 6.10 Å². The number of hydrogen-bond acceptors (Lipinski definition) is 8. The summed E-state index contributed by atoms with van der Waals surface area (Å²) in [5, 5.41) is 21.0. The average molecular weight is 585 g/mol. The predicted octanol–water partition coefficient (Wildman–Crippen LogP) is 1.22. The van der Waals surface area contributed by atoms with Crippen LogP contribution in [0.3, 0.4) is 0 Å². The van der Waals surface area contributed by atoms with E-state index in [9.17, 15) is 23.6 Å². The van der Waals surface area contributed by atoms with Crippen LogP contribution < -0.4 is 20.4 Å². The highest BCUT2D eigenvalue weighted by Crippen LogP contribution is 2.28. The van der Waals surface area contributed by atoms with E-state index in [0.29, 0.717) is 37.6 Å². The number of carbonyl (C=O) groups is 4. The van der Waals surface area contributed by atoms with Crippen molar-refractivity contribution >= 4 is 35.4 Å². The van der Waals surface area contributed by atoms with Crippen molar-refractivity contribution in [3.8, 4) is 5.69 Å². The maximum absolute atomic E-state index is 15.1. The summed E-state index contributed by atoms with van der Waals surface area (Å²) in [4.78, 5) is 52.6. The molecule has 5 rings (SSSR count).